The lowest BCUT2D eigenvalue weighted by atomic mass is 10.3. The third kappa shape index (κ3) is 4.94. The largest absolute Gasteiger partial charge is 0.480 e. The van der Waals surface area contributed by atoms with E-state index >= 15 is 0 Å². The van der Waals surface area contributed by atoms with Crippen LogP contribution in [0.1, 0.15) is 6.92 Å². The van der Waals surface area contributed by atoms with E-state index in [4.69, 9.17) is 26.0 Å². The summed E-state index contributed by atoms with van der Waals surface area (Å²) in [5, 5.41) is 0. The number of hydroxylamine groups is 1. The summed E-state index contributed by atoms with van der Waals surface area (Å²) in [7, 11) is 1.21. The molecule has 8 nitrogen and oxygen atoms in total. The lowest BCUT2D eigenvalue weighted by molar-refractivity contribution is -0.125. The predicted octanol–water partition coefficient (Wildman–Crippen LogP) is -0.0919. The summed E-state index contributed by atoms with van der Waals surface area (Å²) >= 11 is 0. The molecule has 20 heavy (non-hydrogen) atoms. The van der Waals surface area contributed by atoms with Gasteiger partial charge in [-0.05, 0) is 12.1 Å². The van der Waals surface area contributed by atoms with Crippen LogP contribution in [0.25, 0.3) is 0 Å². The fourth-order valence-electron chi connectivity index (χ4n) is 1.11. The SMILES string of the molecule is CC(=O)NOc1cc(S(=O)(=O)Cl)ccc1OCC(N)=O. The maximum Gasteiger partial charge on any atom is 0.261 e. The van der Waals surface area contributed by atoms with Crippen molar-refractivity contribution in [3.8, 4) is 11.5 Å². The zero-order valence-corrected chi connectivity index (χ0v) is 11.8. The topological polar surface area (TPSA) is 125 Å². The van der Waals surface area contributed by atoms with Gasteiger partial charge in [-0.1, -0.05) is 0 Å². The number of nitrogens with two attached hydrogens (primary N) is 1. The zero-order chi connectivity index (χ0) is 15.3. The van der Waals surface area contributed by atoms with E-state index in [-0.39, 0.29) is 16.4 Å². The Hall–Kier alpha value is -2.00. The van der Waals surface area contributed by atoms with Gasteiger partial charge in [-0.2, -0.15) is 5.48 Å². The molecule has 1 aromatic carbocycles. The van der Waals surface area contributed by atoms with Gasteiger partial charge in [0.25, 0.3) is 15.0 Å². The number of hydrogen-bond donors (Lipinski definition) is 2. The minimum atomic E-state index is -3.98. The number of halogens is 1. The number of nitrogens with one attached hydrogen (secondary N) is 1. The molecule has 0 heterocycles. The van der Waals surface area contributed by atoms with Gasteiger partial charge in [0, 0.05) is 23.7 Å². The lowest BCUT2D eigenvalue weighted by Crippen LogP contribution is -2.25. The fraction of sp³-hybridized carbons (Fsp3) is 0.200. The molecule has 0 saturated carbocycles. The lowest BCUT2D eigenvalue weighted by Gasteiger charge is -2.11. The van der Waals surface area contributed by atoms with E-state index in [0.29, 0.717) is 0 Å². The molecule has 10 heteroatoms. The summed E-state index contributed by atoms with van der Waals surface area (Å²) in [6.45, 7) is 0.746. The van der Waals surface area contributed by atoms with E-state index in [1.165, 1.54) is 13.0 Å². The number of benzene rings is 1. The van der Waals surface area contributed by atoms with E-state index in [1.54, 1.807) is 0 Å². The molecular formula is C10H11ClN2O6S. The van der Waals surface area contributed by atoms with E-state index in [0.717, 1.165) is 12.1 Å². The Kier molecular flexibility index (Phi) is 5.17. The summed E-state index contributed by atoms with van der Waals surface area (Å²) < 4.78 is 27.4. The van der Waals surface area contributed by atoms with Crippen LogP contribution in [0.2, 0.25) is 0 Å². The third-order valence-corrected chi connectivity index (χ3v) is 3.22. The Morgan fingerprint density at radius 3 is 2.50 bits per heavy atom. The van der Waals surface area contributed by atoms with Crippen LogP contribution in [-0.2, 0) is 18.6 Å². The van der Waals surface area contributed by atoms with Crippen molar-refractivity contribution in [2.75, 3.05) is 6.61 Å². The van der Waals surface area contributed by atoms with Gasteiger partial charge in [-0.3, -0.25) is 9.59 Å². The molecule has 0 spiro atoms. The Morgan fingerprint density at radius 1 is 1.35 bits per heavy atom. The van der Waals surface area contributed by atoms with E-state index in [1.807, 2.05) is 5.48 Å². The van der Waals surface area contributed by atoms with E-state index in [9.17, 15) is 18.0 Å². The maximum absolute atomic E-state index is 11.2. The monoisotopic (exact) mass is 322 g/mol. The number of rotatable bonds is 6. The molecule has 0 aromatic heterocycles. The van der Waals surface area contributed by atoms with Crippen LogP contribution in [0.5, 0.6) is 11.5 Å². The fourth-order valence-corrected chi connectivity index (χ4v) is 1.88. The van der Waals surface area contributed by atoms with Crippen molar-refractivity contribution in [2.24, 2.45) is 5.73 Å². The van der Waals surface area contributed by atoms with Crippen molar-refractivity contribution in [3.63, 3.8) is 0 Å². The average Bonchev–Trinajstić information content (AvgIpc) is 2.32. The van der Waals surface area contributed by atoms with Gasteiger partial charge in [0.1, 0.15) is 0 Å². The highest BCUT2D eigenvalue weighted by molar-refractivity contribution is 8.13. The first kappa shape index (κ1) is 16.1. The van der Waals surface area contributed by atoms with Crippen molar-refractivity contribution in [1.82, 2.24) is 5.48 Å². The number of hydrogen-bond acceptors (Lipinski definition) is 6. The van der Waals surface area contributed by atoms with Crippen LogP contribution < -0.4 is 20.8 Å². The first-order chi connectivity index (χ1) is 9.20. The Bertz CT molecular complexity index is 631. The Morgan fingerprint density at radius 2 is 2.00 bits per heavy atom. The second kappa shape index (κ2) is 6.44. The Balaban J connectivity index is 3.08. The summed E-state index contributed by atoms with van der Waals surface area (Å²) in [4.78, 5) is 26.0. The van der Waals surface area contributed by atoms with Crippen LogP contribution in [-0.4, -0.2) is 26.8 Å². The number of amides is 2. The number of carbonyl (C=O) groups excluding carboxylic acids is 2. The molecular weight excluding hydrogens is 312 g/mol. The van der Waals surface area contributed by atoms with Crippen molar-refractivity contribution in [1.29, 1.82) is 0 Å². The second-order valence-electron chi connectivity index (χ2n) is 3.56. The van der Waals surface area contributed by atoms with Gasteiger partial charge >= 0.3 is 0 Å². The molecule has 1 rings (SSSR count). The Labute approximate surface area is 119 Å². The van der Waals surface area contributed by atoms with Gasteiger partial charge in [0.2, 0.25) is 5.91 Å². The summed E-state index contributed by atoms with van der Waals surface area (Å²) in [6, 6.07) is 3.41. The maximum atomic E-state index is 11.2. The van der Waals surface area contributed by atoms with Crippen molar-refractivity contribution < 1.29 is 27.6 Å². The zero-order valence-electron chi connectivity index (χ0n) is 10.3. The molecule has 2 amide bonds. The molecule has 110 valence electrons. The van der Waals surface area contributed by atoms with Crippen LogP contribution in [0.3, 0.4) is 0 Å². The van der Waals surface area contributed by atoms with Gasteiger partial charge in [0.15, 0.2) is 18.1 Å². The quantitative estimate of drug-likeness (QED) is 0.557. The van der Waals surface area contributed by atoms with Crippen molar-refractivity contribution >= 4 is 31.5 Å². The van der Waals surface area contributed by atoms with Crippen molar-refractivity contribution in [2.45, 2.75) is 11.8 Å². The minimum absolute atomic E-state index is 0.0154. The molecule has 0 unspecified atom stereocenters. The van der Waals surface area contributed by atoms with Crippen LogP contribution >= 0.6 is 10.7 Å². The molecule has 0 atom stereocenters. The summed E-state index contributed by atoms with van der Waals surface area (Å²) in [5.74, 6) is -1.38. The first-order valence-electron chi connectivity index (χ1n) is 5.13. The summed E-state index contributed by atoms with van der Waals surface area (Å²) in [5.41, 5.74) is 6.92. The van der Waals surface area contributed by atoms with Crippen LogP contribution in [0.4, 0.5) is 0 Å². The highest BCUT2D eigenvalue weighted by Crippen LogP contribution is 2.30. The van der Waals surface area contributed by atoms with Gasteiger partial charge in [-0.15, -0.1) is 0 Å². The van der Waals surface area contributed by atoms with E-state index < -0.39 is 27.5 Å². The molecule has 0 aliphatic carbocycles. The highest BCUT2D eigenvalue weighted by atomic mass is 35.7. The van der Waals surface area contributed by atoms with Gasteiger partial charge in [0.05, 0.1) is 4.90 Å². The standard InChI is InChI=1S/C10H11ClN2O6S/c1-6(14)13-19-9-4-7(20(11,16)17)2-3-8(9)18-5-10(12)15/h2-4H,5H2,1H3,(H2,12,15)(H,13,14). The average molecular weight is 323 g/mol. The number of primary amides is 1. The number of ether oxygens (including phenoxy) is 1. The predicted molar refractivity (Wildman–Crippen MR) is 68.6 cm³/mol. The molecule has 1 aromatic rings. The minimum Gasteiger partial charge on any atom is -0.480 e. The third-order valence-electron chi connectivity index (χ3n) is 1.87. The molecule has 3 N–H and O–H groups in total. The molecule has 0 saturated heterocycles. The second-order valence-corrected chi connectivity index (χ2v) is 6.13. The normalized spacial score (nSPS) is 10.7. The van der Waals surface area contributed by atoms with Crippen molar-refractivity contribution in [3.05, 3.63) is 18.2 Å². The molecule has 0 bridgehead atoms. The highest BCUT2D eigenvalue weighted by Gasteiger charge is 2.16. The molecule has 0 fully saturated rings. The molecule has 0 aliphatic heterocycles. The van der Waals surface area contributed by atoms with E-state index in [2.05, 4.69) is 0 Å². The van der Waals surface area contributed by atoms with Gasteiger partial charge < -0.3 is 15.3 Å². The smallest absolute Gasteiger partial charge is 0.261 e. The van der Waals surface area contributed by atoms with Gasteiger partial charge in [-0.25, -0.2) is 8.42 Å². The van der Waals surface area contributed by atoms with Crippen LogP contribution in [0, 0.1) is 0 Å². The number of carbonyl (C=O) groups is 2. The summed E-state index contributed by atoms with van der Waals surface area (Å²) in [6.07, 6.45) is 0. The molecule has 0 radical (unpaired) electrons. The first-order valence-corrected chi connectivity index (χ1v) is 7.44. The van der Waals surface area contributed by atoms with Crippen LogP contribution in [0.15, 0.2) is 23.1 Å². The molecule has 0 aliphatic rings.